The SMILES string of the molecule is CCCCS(=O)(=O)Nc1cc(CCC)[nH]n1. The van der Waals surface area contributed by atoms with E-state index in [9.17, 15) is 8.42 Å². The molecule has 0 aliphatic heterocycles. The van der Waals surface area contributed by atoms with Crippen molar-refractivity contribution in [3.05, 3.63) is 11.8 Å². The number of aromatic amines is 1. The predicted molar refractivity (Wildman–Crippen MR) is 64.9 cm³/mol. The van der Waals surface area contributed by atoms with Crippen LogP contribution in [0.5, 0.6) is 0 Å². The molecule has 1 heterocycles. The van der Waals surface area contributed by atoms with Crippen molar-refractivity contribution in [2.45, 2.75) is 39.5 Å². The Labute approximate surface area is 96.7 Å². The van der Waals surface area contributed by atoms with Gasteiger partial charge in [0.05, 0.1) is 5.75 Å². The molecular formula is C10H19N3O2S. The fourth-order valence-electron chi connectivity index (χ4n) is 1.36. The highest BCUT2D eigenvalue weighted by Crippen LogP contribution is 2.10. The van der Waals surface area contributed by atoms with E-state index >= 15 is 0 Å². The summed E-state index contributed by atoms with van der Waals surface area (Å²) < 4.78 is 25.6. The molecule has 0 unspecified atom stereocenters. The number of nitrogens with zero attached hydrogens (tertiary/aromatic N) is 1. The summed E-state index contributed by atoms with van der Waals surface area (Å²) in [5, 5.41) is 6.72. The zero-order valence-electron chi connectivity index (χ0n) is 9.78. The van der Waals surface area contributed by atoms with Crippen molar-refractivity contribution in [3.63, 3.8) is 0 Å². The van der Waals surface area contributed by atoms with Crippen LogP contribution in [0.2, 0.25) is 0 Å². The van der Waals surface area contributed by atoms with Gasteiger partial charge in [-0.25, -0.2) is 8.42 Å². The molecule has 0 saturated carbocycles. The maximum absolute atomic E-state index is 11.6. The molecule has 0 aliphatic rings. The molecule has 1 aromatic heterocycles. The average Bonchev–Trinajstić information content (AvgIpc) is 2.62. The van der Waals surface area contributed by atoms with Gasteiger partial charge in [-0.3, -0.25) is 9.82 Å². The van der Waals surface area contributed by atoms with Gasteiger partial charge in [-0.1, -0.05) is 26.7 Å². The molecule has 0 fully saturated rings. The van der Waals surface area contributed by atoms with Gasteiger partial charge in [0.25, 0.3) is 0 Å². The minimum absolute atomic E-state index is 0.152. The molecule has 0 radical (unpaired) electrons. The van der Waals surface area contributed by atoms with Gasteiger partial charge in [-0.05, 0) is 12.8 Å². The van der Waals surface area contributed by atoms with Crippen LogP contribution in [0.3, 0.4) is 0 Å². The summed E-state index contributed by atoms with van der Waals surface area (Å²) in [5.41, 5.74) is 0.954. The number of aromatic nitrogens is 2. The van der Waals surface area contributed by atoms with Crippen molar-refractivity contribution in [2.24, 2.45) is 0 Å². The van der Waals surface area contributed by atoms with Crippen LogP contribution in [-0.2, 0) is 16.4 Å². The van der Waals surface area contributed by atoms with Gasteiger partial charge in [0.15, 0.2) is 5.82 Å². The fraction of sp³-hybridized carbons (Fsp3) is 0.700. The maximum Gasteiger partial charge on any atom is 0.233 e. The van der Waals surface area contributed by atoms with E-state index in [1.165, 1.54) is 0 Å². The van der Waals surface area contributed by atoms with E-state index in [0.717, 1.165) is 25.0 Å². The number of hydrogen-bond acceptors (Lipinski definition) is 3. The van der Waals surface area contributed by atoms with E-state index in [0.29, 0.717) is 12.2 Å². The Kier molecular flexibility index (Phi) is 4.79. The Morgan fingerprint density at radius 2 is 2.12 bits per heavy atom. The van der Waals surface area contributed by atoms with Crippen LogP contribution in [0.15, 0.2) is 6.07 Å². The Morgan fingerprint density at radius 3 is 2.75 bits per heavy atom. The predicted octanol–water partition coefficient (Wildman–Crippen LogP) is 1.90. The van der Waals surface area contributed by atoms with E-state index in [1.54, 1.807) is 6.07 Å². The quantitative estimate of drug-likeness (QED) is 0.770. The topological polar surface area (TPSA) is 74.8 Å². The lowest BCUT2D eigenvalue weighted by Crippen LogP contribution is -2.16. The van der Waals surface area contributed by atoms with Gasteiger partial charge in [-0.15, -0.1) is 0 Å². The second-order valence-corrected chi connectivity index (χ2v) is 5.64. The molecule has 92 valence electrons. The first-order chi connectivity index (χ1) is 7.57. The summed E-state index contributed by atoms with van der Waals surface area (Å²) in [5.74, 6) is 0.541. The van der Waals surface area contributed by atoms with Crippen molar-refractivity contribution < 1.29 is 8.42 Å². The zero-order chi connectivity index (χ0) is 12.0. The summed E-state index contributed by atoms with van der Waals surface area (Å²) in [6, 6.07) is 1.74. The summed E-state index contributed by atoms with van der Waals surface area (Å²) in [6.07, 6.45) is 3.41. The van der Waals surface area contributed by atoms with Gasteiger partial charge in [-0.2, -0.15) is 5.10 Å². The number of nitrogens with one attached hydrogen (secondary N) is 2. The first-order valence-electron chi connectivity index (χ1n) is 5.62. The minimum atomic E-state index is -3.23. The first-order valence-corrected chi connectivity index (χ1v) is 7.27. The van der Waals surface area contributed by atoms with Crippen LogP contribution in [-0.4, -0.2) is 24.4 Å². The van der Waals surface area contributed by atoms with Gasteiger partial charge >= 0.3 is 0 Å². The molecule has 5 nitrogen and oxygen atoms in total. The van der Waals surface area contributed by atoms with Crippen molar-refractivity contribution in [1.82, 2.24) is 10.2 Å². The van der Waals surface area contributed by atoms with E-state index < -0.39 is 10.0 Å². The normalized spacial score (nSPS) is 11.6. The minimum Gasteiger partial charge on any atom is -0.280 e. The standard InChI is InChI=1S/C10H19N3O2S/c1-3-5-7-16(14,15)13-10-8-9(6-4-2)11-12-10/h8H,3-7H2,1-2H3,(H2,11,12,13). The van der Waals surface area contributed by atoms with Crippen LogP contribution in [0.4, 0.5) is 5.82 Å². The molecule has 0 spiro atoms. The molecule has 0 bridgehead atoms. The smallest absolute Gasteiger partial charge is 0.233 e. The summed E-state index contributed by atoms with van der Waals surface area (Å²) in [4.78, 5) is 0. The number of H-pyrrole nitrogens is 1. The second kappa shape index (κ2) is 5.89. The number of rotatable bonds is 7. The highest BCUT2D eigenvalue weighted by Gasteiger charge is 2.11. The molecule has 0 amide bonds. The molecule has 0 saturated heterocycles. The highest BCUT2D eigenvalue weighted by molar-refractivity contribution is 7.92. The molecule has 0 aliphatic carbocycles. The Balaban J connectivity index is 2.58. The second-order valence-electron chi connectivity index (χ2n) is 3.80. The molecular weight excluding hydrogens is 226 g/mol. The number of hydrogen-bond donors (Lipinski definition) is 2. The molecule has 0 aromatic carbocycles. The average molecular weight is 245 g/mol. The maximum atomic E-state index is 11.6. The third-order valence-corrected chi connectivity index (χ3v) is 3.52. The van der Waals surface area contributed by atoms with E-state index in [4.69, 9.17) is 0 Å². The van der Waals surface area contributed by atoms with Crippen molar-refractivity contribution in [1.29, 1.82) is 0 Å². The monoisotopic (exact) mass is 245 g/mol. The number of unbranched alkanes of at least 4 members (excludes halogenated alkanes) is 1. The van der Waals surface area contributed by atoms with Crippen molar-refractivity contribution in [2.75, 3.05) is 10.5 Å². The van der Waals surface area contributed by atoms with Gasteiger partial charge in [0.1, 0.15) is 0 Å². The lowest BCUT2D eigenvalue weighted by Gasteiger charge is -2.03. The number of sulfonamides is 1. The van der Waals surface area contributed by atoms with Crippen LogP contribution >= 0.6 is 0 Å². The first kappa shape index (κ1) is 13.0. The van der Waals surface area contributed by atoms with Crippen molar-refractivity contribution >= 4 is 15.8 Å². The fourth-order valence-corrected chi connectivity index (χ4v) is 2.55. The van der Waals surface area contributed by atoms with Crippen LogP contribution in [0.1, 0.15) is 38.8 Å². The lowest BCUT2D eigenvalue weighted by atomic mass is 10.2. The van der Waals surface area contributed by atoms with Gasteiger partial charge < -0.3 is 0 Å². The highest BCUT2D eigenvalue weighted by atomic mass is 32.2. The molecule has 2 N–H and O–H groups in total. The van der Waals surface area contributed by atoms with E-state index in [1.807, 2.05) is 6.92 Å². The Hall–Kier alpha value is -1.04. The van der Waals surface area contributed by atoms with Gasteiger partial charge in [0.2, 0.25) is 10.0 Å². The molecule has 1 rings (SSSR count). The van der Waals surface area contributed by atoms with Crippen LogP contribution in [0, 0.1) is 0 Å². The molecule has 0 atom stereocenters. The molecule has 6 heteroatoms. The zero-order valence-corrected chi connectivity index (χ0v) is 10.6. The van der Waals surface area contributed by atoms with E-state index in [-0.39, 0.29) is 5.75 Å². The Bertz CT molecular complexity index is 411. The lowest BCUT2D eigenvalue weighted by molar-refractivity contribution is 0.597. The third kappa shape index (κ3) is 4.22. The van der Waals surface area contributed by atoms with Crippen LogP contribution in [0.25, 0.3) is 0 Å². The van der Waals surface area contributed by atoms with Crippen LogP contribution < -0.4 is 4.72 Å². The number of aryl methyl sites for hydroxylation is 1. The summed E-state index contributed by atoms with van der Waals surface area (Å²) >= 11 is 0. The summed E-state index contributed by atoms with van der Waals surface area (Å²) in [7, 11) is -3.23. The Morgan fingerprint density at radius 1 is 1.38 bits per heavy atom. The third-order valence-electron chi connectivity index (χ3n) is 2.18. The largest absolute Gasteiger partial charge is 0.280 e. The molecule has 1 aromatic rings. The van der Waals surface area contributed by atoms with E-state index in [2.05, 4.69) is 21.8 Å². The van der Waals surface area contributed by atoms with Crippen molar-refractivity contribution in [3.8, 4) is 0 Å². The number of anilines is 1. The summed E-state index contributed by atoms with van der Waals surface area (Å²) in [6.45, 7) is 4.02. The molecule has 16 heavy (non-hydrogen) atoms. The van der Waals surface area contributed by atoms with Gasteiger partial charge in [0, 0.05) is 11.8 Å².